The van der Waals surface area contributed by atoms with E-state index in [1.807, 2.05) is 24.3 Å². The number of benzene rings is 1. The van der Waals surface area contributed by atoms with Crippen molar-refractivity contribution < 1.29 is 9.53 Å². The number of hydrogen-bond acceptors (Lipinski definition) is 3. The molecular weight excluding hydrogens is 288 g/mol. The largest absolute Gasteiger partial charge is 0.494 e. The molecule has 0 saturated carbocycles. The Morgan fingerprint density at radius 3 is 2.57 bits per heavy atom. The van der Waals surface area contributed by atoms with Crippen LogP contribution in [0, 0.1) is 0 Å². The highest BCUT2D eigenvalue weighted by molar-refractivity contribution is 5.94. The van der Waals surface area contributed by atoms with Crippen molar-refractivity contribution in [3.63, 3.8) is 0 Å². The van der Waals surface area contributed by atoms with E-state index in [1.54, 1.807) is 0 Å². The topological polar surface area (TPSA) is 50.4 Å². The third-order valence-corrected chi connectivity index (χ3v) is 3.56. The van der Waals surface area contributed by atoms with E-state index in [2.05, 4.69) is 17.6 Å². The van der Waals surface area contributed by atoms with Gasteiger partial charge in [0.15, 0.2) is 0 Å². The molecule has 0 bridgehead atoms. The molecule has 1 aliphatic heterocycles. The van der Waals surface area contributed by atoms with Crippen LogP contribution in [0.3, 0.4) is 0 Å². The zero-order chi connectivity index (χ0) is 14.2. The van der Waals surface area contributed by atoms with Gasteiger partial charge in [0.2, 0.25) is 0 Å². The second-order valence-electron chi connectivity index (χ2n) is 5.22. The lowest BCUT2D eigenvalue weighted by atomic mass is 10.1. The Bertz CT molecular complexity index is 417. The molecule has 1 saturated heterocycles. The summed E-state index contributed by atoms with van der Waals surface area (Å²) in [5, 5.41) is 6.38. The molecule has 0 aromatic heterocycles. The van der Waals surface area contributed by atoms with Crippen molar-refractivity contribution in [1.82, 2.24) is 10.6 Å². The van der Waals surface area contributed by atoms with Gasteiger partial charge in [-0.3, -0.25) is 4.79 Å². The first-order valence-corrected chi connectivity index (χ1v) is 7.54. The number of unbranched alkanes of at least 4 members (excludes halogenated alkanes) is 1. The molecule has 1 heterocycles. The predicted octanol–water partition coefficient (Wildman–Crippen LogP) is 2.77. The second kappa shape index (κ2) is 9.64. The van der Waals surface area contributed by atoms with Crippen molar-refractivity contribution >= 4 is 18.3 Å². The van der Waals surface area contributed by atoms with E-state index in [9.17, 15) is 4.79 Å². The quantitative estimate of drug-likeness (QED) is 0.794. The Morgan fingerprint density at radius 2 is 1.95 bits per heavy atom. The zero-order valence-corrected chi connectivity index (χ0v) is 13.4. The lowest BCUT2D eigenvalue weighted by molar-refractivity contribution is 0.0929. The molecule has 0 aliphatic carbocycles. The Morgan fingerprint density at radius 1 is 1.29 bits per heavy atom. The average Bonchev–Trinajstić information content (AvgIpc) is 2.49. The number of halogens is 1. The fourth-order valence-corrected chi connectivity index (χ4v) is 2.27. The molecule has 4 nitrogen and oxygen atoms in total. The van der Waals surface area contributed by atoms with Crippen LogP contribution in [0.15, 0.2) is 24.3 Å². The third kappa shape index (κ3) is 5.94. The lowest BCUT2D eigenvalue weighted by Crippen LogP contribution is -2.42. The Balaban J connectivity index is 0.00000220. The lowest BCUT2D eigenvalue weighted by Gasteiger charge is -2.23. The van der Waals surface area contributed by atoms with Crippen LogP contribution in [0.25, 0.3) is 0 Å². The van der Waals surface area contributed by atoms with Crippen LogP contribution in [0.5, 0.6) is 5.75 Å². The van der Waals surface area contributed by atoms with Gasteiger partial charge >= 0.3 is 0 Å². The molecule has 1 amide bonds. The van der Waals surface area contributed by atoms with Crippen LogP contribution < -0.4 is 15.4 Å². The summed E-state index contributed by atoms with van der Waals surface area (Å²) in [7, 11) is 0. The van der Waals surface area contributed by atoms with Crippen molar-refractivity contribution in [2.45, 2.75) is 38.6 Å². The van der Waals surface area contributed by atoms with Gasteiger partial charge in [-0.05, 0) is 56.6 Å². The predicted molar refractivity (Wildman–Crippen MR) is 87.5 cm³/mol. The summed E-state index contributed by atoms with van der Waals surface area (Å²) >= 11 is 0. The smallest absolute Gasteiger partial charge is 0.251 e. The molecule has 1 aliphatic rings. The number of amides is 1. The maximum atomic E-state index is 12.1. The zero-order valence-electron chi connectivity index (χ0n) is 12.6. The number of ether oxygens (including phenoxy) is 1. The van der Waals surface area contributed by atoms with Crippen molar-refractivity contribution in [1.29, 1.82) is 0 Å². The minimum Gasteiger partial charge on any atom is -0.494 e. The minimum absolute atomic E-state index is 0. The summed E-state index contributed by atoms with van der Waals surface area (Å²) in [6.45, 7) is 4.83. The molecule has 0 atom stereocenters. The van der Waals surface area contributed by atoms with E-state index in [1.165, 1.54) is 0 Å². The molecular formula is C16H25ClN2O2. The molecule has 118 valence electrons. The van der Waals surface area contributed by atoms with Crippen molar-refractivity contribution in [3.05, 3.63) is 29.8 Å². The maximum absolute atomic E-state index is 12.1. The maximum Gasteiger partial charge on any atom is 0.251 e. The number of carbonyl (C=O) groups is 1. The van der Waals surface area contributed by atoms with Gasteiger partial charge in [0.1, 0.15) is 5.75 Å². The minimum atomic E-state index is 0. The van der Waals surface area contributed by atoms with E-state index in [-0.39, 0.29) is 18.3 Å². The third-order valence-electron chi connectivity index (χ3n) is 3.56. The number of rotatable bonds is 6. The molecule has 5 heteroatoms. The van der Waals surface area contributed by atoms with Gasteiger partial charge in [0.25, 0.3) is 5.91 Å². The van der Waals surface area contributed by atoms with Gasteiger partial charge < -0.3 is 15.4 Å². The summed E-state index contributed by atoms with van der Waals surface area (Å²) in [6.07, 6.45) is 4.18. The van der Waals surface area contributed by atoms with E-state index in [4.69, 9.17) is 4.74 Å². The fraction of sp³-hybridized carbons (Fsp3) is 0.562. The monoisotopic (exact) mass is 312 g/mol. The Labute approximate surface area is 133 Å². The first-order chi connectivity index (χ1) is 9.79. The normalized spacial score (nSPS) is 15.1. The highest BCUT2D eigenvalue weighted by atomic mass is 35.5. The van der Waals surface area contributed by atoms with E-state index >= 15 is 0 Å². The molecule has 0 spiro atoms. The molecule has 0 radical (unpaired) electrons. The molecule has 1 fully saturated rings. The van der Waals surface area contributed by atoms with Gasteiger partial charge in [0, 0.05) is 11.6 Å². The van der Waals surface area contributed by atoms with Crippen LogP contribution in [0.1, 0.15) is 43.0 Å². The summed E-state index contributed by atoms with van der Waals surface area (Å²) < 4.78 is 5.59. The van der Waals surface area contributed by atoms with Crippen LogP contribution in [0.4, 0.5) is 0 Å². The van der Waals surface area contributed by atoms with Crippen molar-refractivity contribution in [2.24, 2.45) is 0 Å². The Kier molecular flexibility index (Phi) is 8.16. The van der Waals surface area contributed by atoms with Gasteiger partial charge in [-0.1, -0.05) is 13.3 Å². The average molecular weight is 313 g/mol. The number of hydrogen-bond donors (Lipinski definition) is 2. The van der Waals surface area contributed by atoms with E-state index in [0.717, 1.165) is 51.1 Å². The summed E-state index contributed by atoms with van der Waals surface area (Å²) in [4.78, 5) is 12.1. The fourth-order valence-electron chi connectivity index (χ4n) is 2.27. The van der Waals surface area contributed by atoms with Crippen LogP contribution in [0.2, 0.25) is 0 Å². The molecule has 1 aromatic carbocycles. The molecule has 21 heavy (non-hydrogen) atoms. The first-order valence-electron chi connectivity index (χ1n) is 7.54. The van der Waals surface area contributed by atoms with Gasteiger partial charge in [-0.2, -0.15) is 0 Å². The highest BCUT2D eigenvalue weighted by Crippen LogP contribution is 2.13. The van der Waals surface area contributed by atoms with Crippen molar-refractivity contribution in [2.75, 3.05) is 19.7 Å². The Hall–Kier alpha value is -1.26. The van der Waals surface area contributed by atoms with E-state index in [0.29, 0.717) is 11.6 Å². The van der Waals surface area contributed by atoms with Gasteiger partial charge in [-0.25, -0.2) is 0 Å². The van der Waals surface area contributed by atoms with Crippen LogP contribution in [-0.4, -0.2) is 31.6 Å². The summed E-state index contributed by atoms with van der Waals surface area (Å²) in [6, 6.07) is 7.69. The summed E-state index contributed by atoms with van der Waals surface area (Å²) in [5.74, 6) is 0.842. The van der Waals surface area contributed by atoms with Gasteiger partial charge in [-0.15, -0.1) is 12.4 Å². The van der Waals surface area contributed by atoms with Gasteiger partial charge in [0.05, 0.1) is 6.61 Å². The first kappa shape index (κ1) is 17.8. The number of carbonyl (C=O) groups excluding carboxylic acids is 1. The molecule has 0 unspecified atom stereocenters. The number of nitrogens with one attached hydrogen (secondary N) is 2. The SMILES string of the molecule is CCCCOc1ccc(C(=O)NC2CCNCC2)cc1.Cl. The highest BCUT2D eigenvalue weighted by Gasteiger charge is 2.16. The molecule has 2 rings (SSSR count). The molecule has 2 N–H and O–H groups in total. The van der Waals surface area contributed by atoms with E-state index < -0.39 is 0 Å². The van der Waals surface area contributed by atoms with Crippen LogP contribution in [-0.2, 0) is 0 Å². The van der Waals surface area contributed by atoms with Crippen molar-refractivity contribution in [3.8, 4) is 5.75 Å². The second-order valence-corrected chi connectivity index (χ2v) is 5.22. The standard InChI is InChI=1S/C16H24N2O2.ClH/c1-2-3-12-20-15-6-4-13(5-7-15)16(19)18-14-8-10-17-11-9-14;/h4-7,14,17H,2-3,8-12H2,1H3,(H,18,19);1H. The summed E-state index contributed by atoms with van der Waals surface area (Å²) in [5.41, 5.74) is 0.700. The molecule has 1 aromatic rings. The van der Waals surface area contributed by atoms with Crippen LogP contribution >= 0.6 is 12.4 Å². The number of piperidine rings is 1.